The predicted molar refractivity (Wildman–Crippen MR) is 84.2 cm³/mol. The van der Waals surface area contributed by atoms with Gasteiger partial charge in [0.25, 0.3) is 0 Å². The molecule has 0 atom stereocenters. The molecule has 1 N–H and O–H groups in total. The van der Waals surface area contributed by atoms with Crippen molar-refractivity contribution in [3.8, 4) is 11.3 Å². The highest BCUT2D eigenvalue weighted by molar-refractivity contribution is 5.60. The van der Waals surface area contributed by atoms with Gasteiger partial charge in [-0.1, -0.05) is 12.1 Å². The Morgan fingerprint density at radius 3 is 2.43 bits per heavy atom. The number of aromatic nitrogens is 2. The van der Waals surface area contributed by atoms with E-state index in [4.69, 9.17) is 4.42 Å². The Hall–Kier alpha value is -2.53. The summed E-state index contributed by atoms with van der Waals surface area (Å²) in [7, 11) is 0. The normalized spacial score (nSPS) is 11.7. The van der Waals surface area contributed by atoms with Crippen molar-refractivity contribution in [2.45, 2.75) is 25.9 Å². The second kappa shape index (κ2) is 5.93. The molecule has 0 aliphatic carbocycles. The molecule has 0 aliphatic rings. The quantitative estimate of drug-likeness (QED) is 0.798. The molecule has 0 amide bonds. The Kier molecular flexibility index (Phi) is 3.96. The van der Waals surface area contributed by atoms with Crippen LogP contribution in [0.25, 0.3) is 11.3 Å². The molecule has 1 aromatic carbocycles. The number of pyridine rings is 1. The van der Waals surface area contributed by atoms with E-state index in [1.807, 2.05) is 6.07 Å². The van der Waals surface area contributed by atoms with Crippen LogP contribution in [-0.2, 0) is 12.0 Å². The van der Waals surface area contributed by atoms with Crippen LogP contribution in [0, 0.1) is 5.82 Å². The van der Waals surface area contributed by atoms with E-state index in [0.717, 1.165) is 11.1 Å². The minimum Gasteiger partial charge on any atom is -0.447 e. The highest BCUT2D eigenvalue weighted by Crippen LogP contribution is 2.26. The molecule has 0 saturated carbocycles. The fourth-order valence-electron chi connectivity index (χ4n) is 2.31. The van der Waals surface area contributed by atoms with Crippen molar-refractivity contribution in [3.05, 3.63) is 71.8 Å². The van der Waals surface area contributed by atoms with E-state index >= 15 is 0 Å². The smallest absolute Gasteiger partial charge is 0.181 e. The standard InChI is InChI=1S/C18H17FN2O2/c1-18(2,22)16-8-5-13(10-20-16)17-15(23-11-21-17)9-12-3-6-14(19)7-4-12/h3-8,10-11,22H,9H2,1-2H3. The summed E-state index contributed by atoms with van der Waals surface area (Å²) in [6.07, 6.45) is 3.57. The fraction of sp³-hybridized carbons (Fsp3) is 0.222. The zero-order valence-electron chi connectivity index (χ0n) is 13.0. The number of halogens is 1. The van der Waals surface area contributed by atoms with E-state index in [9.17, 15) is 9.50 Å². The third kappa shape index (κ3) is 3.46. The van der Waals surface area contributed by atoms with Crippen LogP contribution < -0.4 is 0 Å². The average molecular weight is 312 g/mol. The van der Waals surface area contributed by atoms with Gasteiger partial charge in [0, 0.05) is 18.2 Å². The Morgan fingerprint density at radius 2 is 1.83 bits per heavy atom. The van der Waals surface area contributed by atoms with Crippen LogP contribution in [0.1, 0.15) is 30.9 Å². The molecule has 0 spiro atoms. The summed E-state index contributed by atoms with van der Waals surface area (Å²) in [5.74, 6) is 0.423. The highest BCUT2D eigenvalue weighted by atomic mass is 19.1. The molecule has 0 aliphatic heterocycles. The van der Waals surface area contributed by atoms with Gasteiger partial charge in [-0.25, -0.2) is 9.37 Å². The van der Waals surface area contributed by atoms with Crippen molar-refractivity contribution in [2.75, 3.05) is 0 Å². The summed E-state index contributed by atoms with van der Waals surface area (Å²) in [6.45, 7) is 3.37. The van der Waals surface area contributed by atoms with Gasteiger partial charge in [0.05, 0.1) is 5.69 Å². The third-order valence-electron chi connectivity index (χ3n) is 3.58. The highest BCUT2D eigenvalue weighted by Gasteiger charge is 2.18. The van der Waals surface area contributed by atoms with Gasteiger partial charge in [0.2, 0.25) is 0 Å². The number of rotatable bonds is 4. The minimum absolute atomic E-state index is 0.266. The summed E-state index contributed by atoms with van der Waals surface area (Å²) in [5, 5.41) is 9.96. The van der Waals surface area contributed by atoms with Crippen LogP contribution in [0.5, 0.6) is 0 Å². The first-order chi connectivity index (χ1) is 10.9. The summed E-state index contributed by atoms with van der Waals surface area (Å²) < 4.78 is 18.4. The van der Waals surface area contributed by atoms with Crippen molar-refractivity contribution in [1.29, 1.82) is 0 Å². The van der Waals surface area contributed by atoms with Crippen LogP contribution >= 0.6 is 0 Å². The lowest BCUT2D eigenvalue weighted by Crippen LogP contribution is -2.17. The topological polar surface area (TPSA) is 59.2 Å². The number of oxazole rings is 1. The SMILES string of the molecule is CC(C)(O)c1ccc(-c2ncoc2Cc2ccc(F)cc2)cn1. The number of hydrogen-bond acceptors (Lipinski definition) is 4. The van der Waals surface area contributed by atoms with Crippen LogP contribution in [0.15, 0.2) is 53.4 Å². The van der Waals surface area contributed by atoms with Gasteiger partial charge in [-0.15, -0.1) is 0 Å². The van der Waals surface area contributed by atoms with E-state index < -0.39 is 5.60 Å². The van der Waals surface area contributed by atoms with Crippen molar-refractivity contribution in [1.82, 2.24) is 9.97 Å². The van der Waals surface area contributed by atoms with E-state index in [1.165, 1.54) is 18.5 Å². The first-order valence-corrected chi connectivity index (χ1v) is 7.29. The van der Waals surface area contributed by atoms with Crippen molar-refractivity contribution < 1.29 is 13.9 Å². The first-order valence-electron chi connectivity index (χ1n) is 7.29. The molecule has 0 saturated heterocycles. The van der Waals surface area contributed by atoms with Crippen LogP contribution in [0.3, 0.4) is 0 Å². The Balaban J connectivity index is 1.87. The summed E-state index contributed by atoms with van der Waals surface area (Å²) in [5.41, 5.74) is 2.04. The number of nitrogens with zero attached hydrogens (tertiary/aromatic N) is 2. The van der Waals surface area contributed by atoms with Gasteiger partial charge in [0.15, 0.2) is 6.39 Å². The molecule has 118 valence electrons. The average Bonchev–Trinajstić information content (AvgIpc) is 2.97. The van der Waals surface area contributed by atoms with E-state index in [1.54, 1.807) is 38.2 Å². The second-order valence-electron chi connectivity index (χ2n) is 5.92. The lowest BCUT2D eigenvalue weighted by molar-refractivity contribution is 0.0739. The largest absolute Gasteiger partial charge is 0.447 e. The van der Waals surface area contributed by atoms with Gasteiger partial charge in [0.1, 0.15) is 22.9 Å². The number of benzene rings is 1. The van der Waals surface area contributed by atoms with E-state index in [2.05, 4.69) is 9.97 Å². The van der Waals surface area contributed by atoms with Crippen LogP contribution in [0.2, 0.25) is 0 Å². The minimum atomic E-state index is -0.987. The third-order valence-corrected chi connectivity index (χ3v) is 3.58. The zero-order chi connectivity index (χ0) is 16.4. The molecular weight excluding hydrogens is 295 g/mol. The maximum absolute atomic E-state index is 13.0. The maximum Gasteiger partial charge on any atom is 0.181 e. The van der Waals surface area contributed by atoms with Crippen molar-refractivity contribution in [3.63, 3.8) is 0 Å². The molecule has 0 unspecified atom stereocenters. The lowest BCUT2D eigenvalue weighted by atomic mass is 10.0. The molecule has 3 aromatic rings. The number of aliphatic hydroxyl groups is 1. The number of hydrogen-bond donors (Lipinski definition) is 1. The van der Waals surface area contributed by atoms with Crippen LogP contribution in [0.4, 0.5) is 4.39 Å². The molecule has 5 heteroatoms. The Labute approximate surface area is 133 Å². The summed E-state index contributed by atoms with van der Waals surface area (Å²) in [6, 6.07) is 9.91. The van der Waals surface area contributed by atoms with Gasteiger partial charge in [-0.2, -0.15) is 0 Å². The van der Waals surface area contributed by atoms with Crippen LogP contribution in [-0.4, -0.2) is 15.1 Å². The molecule has 0 radical (unpaired) electrons. The fourth-order valence-corrected chi connectivity index (χ4v) is 2.31. The molecule has 0 fully saturated rings. The molecule has 4 nitrogen and oxygen atoms in total. The zero-order valence-corrected chi connectivity index (χ0v) is 13.0. The van der Waals surface area contributed by atoms with Gasteiger partial charge in [-0.3, -0.25) is 4.98 Å². The lowest BCUT2D eigenvalue weighted by Gasteiger charge is -2.16. The first kappa shape index (κ1) is 15.4. The summed E-state index contributed by atoms with van der Waals surface area (Å²) >= 11 is 0. The maximum atomic E-state index is 13.0. The molecule has 3 rings (SSSR count). The monoisotopic (exact) mass is 312 g/mol. The summed E-state index contributed by atoms with van der Waals surface area (Å²) in [4.78, 5) is 8.53. The molecule has 2 heterocycles. The second-order valence-corrected chi connectivity index (χ2v) is 5.92. The van der Waals surface area contributed by atoms with Gasteiger partial charge >= 0.3 is 0 Å². The van der Waals surface area contributed by atoms with E-state index in [0.29, 0.717) is 23.6 Å². The van der Waals surface area contributed by atoms with Gasteiger partial charge in [-0.05, 0) is 43.7 Å². The predicted octanol–water partition coefficient (Wildman–Crippen LogP) is 3.69. The van der Waals surface area contributed by atoms with E-state index in [-0.39, 0.29) is 5.82 Å². The van der Waals surface area contributed by atoms with Crippen molar-refractivity contribution in [2.24, 2.45) is 0 Å². The molecule has 2 aromatic heterocycles. The molecule has 23 heavy (non-hydrogen) atoms. The molecular formula is C18H17FN2O2. The Morgan fingerprint density at radius 1 is 1.09 bits per heavy atom. The Bertz CT molecular complexity index is 787. The van der Waals surface area contributed by atoms with Crippen molar-refractivity contribution >= 4 is 0 Å². The molecule has 0 bridgehead atoms. The van der Waals surface area contributed by atoms with Gasteiger partial charge < -0.3 is 9.52 Å².